The van der Waals surface area contributed by atoms with Gasteiger partial charge in [-0.05, 0) is 28.3 Å². The molecule has 3 heteroatoms. The van der Waals surface area contributed by atoms with Crippen LogP contribution < -0.4 is 0 Å². The van der Waals surface area contributed by atoms with Gasteiger partial charge in [-0.2, -0.15) is 0 Å². The smallest absolute Gasteiger partial charge is 0.0529 e. The van der Waals surface area contributed by atoms with Crippen LogP contribution in [0, 0.1) is 0 Å². The Morgan fingerprint density at radius 1 is 0.579 bits per heavy atom. The average molecular weight is 296 g/mol. The van der Waals surface area contributed by atoms with Crippen LogP contribution in [0.2, 0.25) is 0 Å². The molecule has 5 aromatic rings. The van der Waals surface area contributed by atoms with Crippen LogP contribution in [0.15, 0.2) is 47.2 Å². The second kappa shape index (κ2) is 3.57. The quantitative estimate of drug-likeness (QED) is 0.306. The van der Waals surface area contributed by atoms with Crippen molar-refractivity contribution in [3.05, 3.63) is 47.2 Å². The van der Waals surface area contributed by atoms with Crippen molar-refractivity contribution in [3.8, 4) is 0 Å². The van der Waals surface area contributed by atoms with Crippen LogP contribution in [-0.4, -0.2) is 0 Å². The van der Waals surface area contributed by atoms with Crippen molar-refractivity contribution in [1.29, 1.82) is 0 Å². The van der Waals surface area contributed by atoms with Gasteiger partial charge in [-0.25, -0.2) is 0 Å². The molecule has 0 bridgehead atoms. The Bertz CT molecular complexity index is 1060. The first-order chi connectivity index (χ1) is 9.42. The molecule has 0 saturated carbocycles. The number of hydrogen-bond acceptors (Lipinski definition) is 3. The molecule has 0 saturated heterocycles. The van der Waals surface area contributed by atoms with Crippen LogP contribution in [0.5, 0.6) is 0 Å². The van der Waals surface area contributed by atoms with Crippen LogP contribution in [0.3, 0.4) is 0 Å². The third-order valence-corrected chi connectivity index (χ3v) is 6.90. The molecule has 0 nitrogen and oxygen atoms in total. The minimum Gasteiger partial charge on any atom is -0.143 e. The zero-order valence-corrected chi connectivity index (χ0v) is 12.3. The fourth-order valence-corrected chi connectivity index (χ4v) is 6.07. The lowest BCUT2D eigenvalue weighted by atomic mass is 10.1. The van der Waals surface area contributed by atoms with Gasteiger partial charge in [0.15, 0.2) is 0 Å². The summed E-state index contributed by atoms with van der Waals surface area (Å²) in [5, 5.41) is 9.94. The Hall–Kier alpha value is -1.42. The van der Waals surface area contributed by atoms with Gasteiger partial charge < -0.3 is 0 Å². The molecule has 0 spiro atoms. The van der Waals surface area contributed by atoms with Gasteiger partial charge in [0.1, 0.15) is 0 Å². The molecular formula is C16H8S3. The lowest BCUT2D eigenvalue weighted by Gasteiger charge is -2.01. The van der Waals surface area contributed by atoms with Crippen molar-refractivity contribution in [1.82, 2.24) is 0 Å². The largest absolute Gasteiger partial charge is 0.143 e. The molecule has 3 heterocycles. The van der Waals surface area contributed by atoms with Crippen molar-refractivity contribution in [2.24, 2.45) is 0 Å². The van der Waals surface area contributed by atoms with E-state index in [4.69, 9.17) is 0 Å². The monoisotopic (exact) mass is 296 g/mol. The SMILES string of the molecule is c1cc2ccc3c(ccc4c5sccc5sc34)c2s1. The van der Waals surface area contributed by atoms with Gasteiger partial charge >= 0.3 is 0 Å². The Balaban J connectivity index is 2.12. The van der Waals surface area contributed by atoms with E-state index in [2.05, 4.69) is 47.2 Å². The summed E-state index contributed by atoms with van der Waals surface area (Å²) < 4.78 is 5.71. The topological polar surface area (TPSA) is 0 Å². The molecule has 90 valence electrons. The first kappa shape index (κ1) is 10.4. The minimum absolute atomic E-state index is 1.36. The van der Waals surface area contributed by atoms with Crippen molar-refractivity contribution >= 4 is 74.4 Å². The summed E-state index contributed by atoms with van der Waals surface area (Å²) in [6, 6.07) is 13.6. The molecule has 2 aromatic carbocycles. The van der Waals surface area contributed by atoms with Gasteiger partial charge in [-0.3, -0.25) is 0 Å². The maximum atomic E-state index is 2.30. The highest BCUT2D eigenvalue weighted by molar-refractivity contribution is 7.32. The standard InChI is InChI=1S/C16H8S3/c1-2-11-10(14-9(1)5-7-17-14)3-4-12-15(11)19-13-6-8-18-16(12)13/h1-8H. The second-order valence-electron chi connectivity index (χ2n) is 4.66. The molecule has 0 atom stereocenters. The summed E-state index contributed by atoms with van der Waals surface area (Å²) in [4.78, 5) is 0. The van der Waals surface area contributed by atoms with Crippen molar-refractivity contribution in [2.45, 2.75) is 0 Å². The number of fused-ring (bicyclic) bond motifs is 7. The summed E-state index contributed by atoms with van der Waals surface area (Å²) in [5.41, 5.74) is 0. The lowest BCUT2D eigenvalue weighted by molar-refractivity contribution is 1.95. The highest BCUT2D eigenvalue weighted by Crippen LogP contribution is 2.42. The summed E-state index contributed by atoms with van der Waals surface area (Å²) in [6.45, 7) is 0. The molecule has 0 N–H and O–H groups in total. The maximum Gasteiger partial charge on any atom is 0.0529 e. The third kappa shape index (κ3) is 1.27. The fourth-order valence-electron chi connectivity index (χ4n) is 2.78. The van der Waals surface area contributed by atoms with E-state index < -0.39 is 0 Å². The van der Waals surface area contributed by atoms with Gasteiger partial charge in [0.05, 0.1) is 4.70 Å². The normalized spacial score (nSPS) is 12.2. The van der Waals surface area contributed by atoms with E-state index in [-0.39, 0.29) is 0 Å². The van der Waals surface area contributed by atoms with E-state index >= 15 is 0 Å². The van der Waals surface area contributed by atoms with Crippen LogP contribution in [0.25, 0.3) is 40.3 Å². The second-order valence-corrected chi connectivity index (χ2v) is 7.54. The summed E-state index contributed by atoms with van der Waals surface area (Å²) in [7, 11) is 0. The molecule has 0 unspecified atom stereocenters. The van der Waals surface area contributed by atoms with Gasteiger partial charge in [0.25, 0.3) is 0 Å². The van der Waals surface area contributed by atoms with Crippen LogP contribution in [0.1, 0.15) is 0 Å². The van der Waals surface area contributed by atoms with Crippen LogP contribution in [-0.2, 0) is 0 Å². The number of hydrogen-bond donors (Lipinski definition) is 0. The minimum atomic E-state index is 1.36. The zero-order valence-electron chi connectivity index (χ0n) is 9.84. The average Bonchev–Trinajstić information content (AvgIpc) is 3.12. The van der Waals surface area contributed by atoms with E-state index in [1.807, 2.05) is 34.0 Å². The highest BCUT2D eigenvalue weighted by atomic mass is 32.1. The molecule has 5 rings (SSSR count). The van der Waals surface area contributed by atoms with Crippen LogP contribution in [0.4, 0.5) is 0 Å². The Morgan fingerprint density at radius 2 is 1.32 bits per heavy atom. The zero-order chi connectivity index (χ0) is 12.4. The van der Waals surface area contributed by atoms with E-state index in [1.54, 1.807) is 0 Å². The summed E-state index contributed by atoms with van der Waals surface area (Å²) in [6.07, 6.45) is 0. The number of benzene rings is 2. The predicted molar refractivity (Wildman–Crippen MR) is 90.1 cm³/mol. The molecule has 0 amide bonds. The lowest BCUT2D eigenvalue weighted by Crippen LogP contribution is -1.73. The molecule has 19 heavy (non-hydrogen) atoms. The fraction of sp³-hybridized carbons (Fsp3) is 0. The van der Waals surface area contributed by atoms with Crippen molar-refractivity contribution < 1.29 is 0 Å². The van der Waals surface area contributed by atoms with E-state index in [1.165, 1.54) is 40.3 Å². The van der Waals surface area contributed by atoms with E-state index in [0.717, 1.165) is 0 Å². The number of rotatable bonds is 0. The number of thiophene rings is 3. The Labute approximate surface area is 121 Å². The molecule has 0 fully saturated rings. The van der Waals surface area contributed by atoms with Crippen molar-refractivity contribution in [2.75, 3.05) is 0 Å². The third-order valence-electron chi connectivity index (χ3n) is 3.65. The molecule has 0 aliphatic rings. The highest BCUT2D eigenvalue weighted by Gasteiger charge is 2.11. The molecule has 0 radical (unpaired) electrons. The molecular weight excluding hydrogens is 288 g/mol. The molecule has 3 aromatic heterocycles. The maximum absolute atomic E-state index is 2.30. The van der Waals surface area contributed by atoms with Gasteiger partial charge in [-0.1, -0.05) is 24.3 Å². The first-order valence-corrected chi connectivity index (χ1v) is 8.68. The van der Waals surface area contributed by atoms with Crippen molar-refractivity contribution in [3.63, 3.8) is 0 Å². The van der Waals surface area contributed by atoms with E-state index in [9.17, 15) is 0 Å². The van der Waals surface area contributed by atoms with E-state index in [0.29, 0.717) is 0 Å². The van der Waals surface area contributed by atoms with Gasteiger partial charge in [0.2, 0.25) is 0 Å². The summed E-state index contributed by atoms with van der Waals surface area (Å²) in [5.74, 6) is 0. The molecule has 0 aliphatic carbocycles. The predicted octanol–water partition coefficient (Wildman–Crippen LogP) is 6.48. The summed E-state index contributed by atoms with van der Waals surface area (Å²) >= 11 is 5.62. The van der Waals surface area contributed by atoms with Gasteiger partial charge in [-0.15, -0.1) is 34.0 Å². The first-order valence-electron chi connectivity index (χ1n) is 6.10. The van der Waals surface area contributed by atoms with Crippen LogP contribution >= 0.6 is 34.0 Å². The Kier molecular flexibility index (Phi) is 1.95. The Morgan fingerprint density at radius 3 is 2.32 bits per heavy atom. The molecule has 0 aliphatic heterocycles. The van der Waals surface area contributed by atoms with Gasteiger partial charge in [0, 0.05) is 30.3 Å².